The quantitative estimate of drug-likeness (QED) is 0.784. The lowest BCUT2D eigenvalue weighted by Gasteiger charge is -2.27. The SMILES string of the molecule is COc1ccc(Nc2nc(N3CCCCC3)nc3nccnc23)cc1. The van der Waals surface area contributed by atoms with E-state index >= 15 is 0 Å². The van der Waals surface area contributed by atoms with Gasteiger partial charge in [-0.3, -0.25) is 0 Å². The van der Waals surface area contributed by atoms with E-state index in [9.17, 15) is 0 Å². The van der Waals surface area contributed by atoms with Crippen molar-refractivity contribution >= 4 is 28.6 Å². The van der Waals surface area contributed by atoms with Crippen molar-refractivity contribution in [3.8, 4) is 5.75 Å². The van der Waals surface area contributed by atoms with Crippen LogP contribution in [0.1, 0.15) is 19.3 Å². The third-order valence-electron chi connectivity index (χ3n) is 4.31. The highest BCUT2D eigenvalue weighted by Crippen LogP contribution is 2.26. The second-order valence-electron chi connectivity index (χ2n) is 6.00. The van der Waals surface area contributed by atoms with E-state index in [2.05, 4.69) is 25.2 Å². The Bertz CT molecular complexity index is 861. The fourth-order valence-electron chi connectivity index (χ4n) is 2.99. The van der Waals surface area contributed by atoms with Crippen molar-refractivity contribution in [2.75, 3.05) is 30.4 Å². The van der Waals surface area contributed by atoms with Crippen molar-refractivity contribution in [2.45, 2.75) is 19.3 Å². The third-order valence-corrected chi connectivity index (χ3v) is 4.31. The molecule has 3 aromatic rings. The zero-order valence-corrected chi connectivity index (χ0v) is 14.1. The zero-order chi connectivity index (χ0) is 17.1. The average molecular weight is 336 g/mol. The fourth-order valence-corrected chi connectivity index (χ4v) is 2.99. The van der Waals surface area contributed by atoms with Gasteiger partial charge in [0.1, 0.15) is 5.75 Å². The summed E-state index contributed by atoms with van der Waals surface area (Å²) in [5, 5.41) is 3.34. The highest BCUT2D eigenvalue weighted by atomic mass is 16.5. The van der Waals surface area contributed by atoms with Crippen LogP contribution in [0.3, 0.4) is 0 Å². The Kier molecular flexibility index (Phi) is 4.28. The second kappa shape index (κ2) is 6.88. The molecule has 0 radical (unpaired) electrons. The van der Waals surface area contributed by atoms with Crippen LogP contribution in [0.5, 0.6) is 5.75 Å². The maximum Gasteiger partial charge on any atom is 0.229 e. The van der Waals surface area contributed by atoms with Crippen molar-refractivity contribution < 1.29 is 4.74 Å². The number of ether oxygens (including phenoxy) is 1. The summed E-state index contributed by atoms with van der Waals surface area (Å²) in [6.45, 7) is 1.96. The Morgan fingerprint density at radius 3 is 2.48 bits per heavy atom. The van der Waals surface area contributed by atoms with Crippen LogP contribution in [0.15, 0.2) is 36.7 Å². The molecule has 1 aliphatic rings. The molecule has 1 N–H and O–H groups in total. The van der Waals surface area contributed by atoms with Gasteiger partial charge in [-0.05, 0) is 43.5 Å². The van der Waals surface area contributed by atoms with E-state index < -0.39 is 0 Å². The topological polar surface area (TPSA) is 76.1 Å². The number of aromatic nitrogens is 4. The number of rotatable bonds is 4. The Labute approximate surface area is 146 Å². The molecule has 2 aromatic heterocycles. The first kappa shape index (κ1) is 15.6. The standard InChI is InChI=1S/C18H20N6O/c1-25-14-7-5-13(6-8-14)21-17-15-16(20-10-9-19-15)22-18(23-17)24-11-3-2-4-12-24/h5-10H,2-4,11-12H2,1H3,(H,20,21,22,23). The van der Waals surface area contributed by atoms with Crippen LogP contribution in [-0.2, 0) is 0 Å². The van der Waals surface area contributed by atoms with Gasteiger partial charge >= 0.3 is 0 Å². The summed E-state index contributed by atoms with van der Waals surface area (Å²) >= 11 is 0. The summed E-state index contributed by atoms with van der Waals surface area (Å²) in [7, 11) is 1.65. The number of fused-ring (bicyclic) bond motifs is 1. The first-order valence-electron chi connectivity index (χ1n) is 8.48. The second-order valence-corrected chi connectivity index (χ2v) is 6.00. The lowest BCUT2D eigenvalue weighted by Crippen LogP contribution is -2.31. The number of benzene rings is 1. The monoisotopic (exact) mass is 336 g/mol. The zero-order valence-electron chi connectivity index (χ0n) is 14.1. The smallest absolute Gasteiger partial charge is 0.229 e. The van der Waals surface area contributed by atoms with Crippen molar-refractivity contribution in [1.29, 1.82) is 0 Å². The fraction of sp³-hybridized carbons (Fsp3) is 0.333. The first-order valence-corrected chi connectivity index (χ1v) is 8.48. The molecule has 1 saturated heterocycles. The highest BCUT2D eigenvalue weighted by molar-refractivity contribution is 5.85. The maximum absolute atomic E-state index is 5.21. The molecule has 0 spiro atoms. The van der Waals surface area contributed by atoms with Gasteiger partial charge in [-0.15, -0.1) is 0 Å². The van der Waals surface area contributed by atoms with E-state index in [4.69, 9.17) is 9.72 Å². The van der Waals surface area contributed by atoms with Crippen molar-refractivity contribution in [1.82, 2.24) is 19.9 Å². The van der Waals surface area contributed by atoms with Gasteiger partial charge in [0.2, 0.25) is 5.95 Å². The normalized spacial score (nSPS) is 14.5. The van der Waals surface area contributed by atoms with E-state index in [0.29, 0.717) is 22.9 Å². The lowest BCUT2D eigenvalue weighted by atomic mass is 10.1. The highest BCUT2D eigenvalue weighted by Gasteiger charge is 2.17. The molecule has 25 heavy (non-hydrogen) atoms. The molecule has 7 nitrogen and oxygen atoms in total. The number of methoxy groups -OCH3 is 1. The predicted molar refractivity (Wildman–Crippen MR) is 97.5 cm³/mol. The van der Waals surface area contributed by atoms with Crippen LogP contribution in [0, 0.1) is 0 Å². The molecule has 128 valence electrons. The number of anilines is 3. The molecule has 1 aromatic carbocycles. The van der Waals surface area contributed by atoms with E-state index in [1.165, 1.54) is 19.3 Å². The Balaban J connectivity index is 1.72. The molecule has 0 bridgehead atoms. The summed E-state index contributed by atoms with van der Waals surface area (Å²) < 4.78 is 5.21. The van der Waals surface area contributed by atoms with Crippen molar-refractivity contribution in [3.05, 3.63) is 36.7 Å². The van der Waals surface area contributed by atoms with Crippen LogP contribution in [0.25, 0.3) is 11.2 Å². The number of hydrogen-bond acceptors (Lipinski definition) is 7. The number of nitrogens with one attached hydrogen (secondary N) is 1. The summed E-state index contributed by atoms with van der Waals surface area (Å²) in [5.74, 6) is 2.19. The Morgan fingerprint density at radius 1 is 0.960 bits per heavy atom. The van der Waals surface area contributed by atoms with E-state index in [-0.39, 0.29) is 0 Å². The molecular formula is C18H20N6O. The van der Waals surface area contributed by atoms with Crippen molar-refractivity contribution in [2.24, 2.45) is 0 Å². The largest absolute Gasteiger partial charge is 0.497 e. The summed E-state index contributed by atoms with van der Waals surface area (Å²) in [6, 6.07) is 7.71. The van der Waals surface area contributed by atoms with Crippen LogP contribution >= 0.6 is 0 Å². The molecule has 1 aliphatic heterocycles. The Hall–Kier alpha value is -2.96. The molecule has 3 heterocycles. The summed E-state index contributed by atoms with van der Waals surface area (Å²) in [5.41, 5.74) is 2.18. The molecule has 4 rings (SSSR count). The van der Waals surface area contributed by atoms with Gasteiger partial charge in [-0.25, -0.2) is 9.97 Å². The molecule has 0 atom stereocenters. The molecular weight excluding hydrogens is 316 g/mol. The predicted octanol–water partition coefficient (Wildman–Crippen LogP) is 3.16. The number of nitrogens with zero attached hydrogens (tertiary/aromatic N) is 5. The molecule has 0 aliphatic carbocycles. The molecule has 0 unspecified atom stereocenters. The number of hydrogen-bond donors (Lipinski definition) is 1. The minimum atomic E-state index is 0.606. The maximum atomic E-state index is 5.21. The minimum Gasteiger partial charge on any atom is -0.497 e. The van der Waals surface area contributed by atoms with Crippen LogP contribution in [-0.4, -0.2) is 40.1 Å². The molecule has 1 fully saturated rings. The Morgan fingerprint density at radius 2 is 1.72 bits per heavy atom. The van der Waals surface area contributed by atoms with E-state index in [1.54, 1.807) is 19.5 Å². The average Bonchev–Trinajstić information content (AvgIpc) is 2.69. The van der Waals surface area contributed by atoms with Gasteiger partial charge in [0.25, 0.3) is 0 Å². The van der Waals surface area contributed by atoms with Crippen LogP contribution in [0.4, 0.5) is 17.5 Å². The summed E-state index contributed by atoms with van der Waals surface area (Å²) in [4.78, 5) is 20.3. The van der Waals surface area contributed by atoms with Gasteiger partial charge in [0.05, 0.1) is 7.11 Å². The van der Waals surface area contributed by atoms with Crippen molar-refractivity contribution in [3.63, 3.8) is 0 Å². The van der Waals surface area contributed by atoms with Gasteiger partial charge < -0.3 is 15.0 Å². The van der Waals surface area contributed by atoms with Gasteiger partial charge in [-0.2, -0.15) is 9.97 Å². The molecule has 0 amide bonds. The van der Waals surface area contributed by atoms with Gasteiger partial charge in [0, 0.05) is 31.2 Å². The third kappa shape index (κ3) is 3.31. The van der Waals surface area contributed by atoms with E-state index in [1.807, 2.05) is 24.3 Å². The molecule has 0 saturated carbocycles. The minimum absolute atomic E-state index is 0.606. The van der Waals surface area contributed by atoms with Gasteiger partial charge in [-0.1, -0.05) is 0 Å². The lowest BCUT2D eigenvalue weighted by molar-refractivity contribution is 0.415. The van der Waals surface area contributed by atoms with Gasteiger partial charge in [0.15, 0.2) is 17.0 Å². The van der Waals surface area contributed by atoms with Crippen LogP contribution < -0.4 is 15.0 Å². The first-order chi connectivity index (χ1) is 12.3. The van der Waals surface area contributed by atoms with Crippen LogP contribution in [0.2, 0.25) is 0 Å². The number of piperidine rings is 1. The van der Waals surface area contributed by atoms with E-state index in [0.717, 1.165) is 24.5 Å². The molecule has 7 heteroatoms. The summed E-state index contributed by atoms with van der Waals surface area (Å²) in [6.07, 6.45) is 6.92.